The van der Waals surface area contributed by atoms with E-state index in [0.29, 0.717) is 23.6 Å². The van der Waals surface area contributed by atoms with Gasteiger partial charge in [0, 0.05) is 22.0 Å². The molecule has 34 heavy (non-hydrogen) atoms. The molecule has 174 valence electrons. The van der Waals surface area contributed by atoms with Gasteiger partial charge in [-0.25, -0.2) is 0 Å². The molecule has 1 fully saturated rings. The Labute approximate surface area is 208 Å². The molecule has 1 unspecified atom stereocenters. The molecule has 2 heterocycles. The Morgan fingerprint density at radius 3 is 2.50 bits per heavy atom. The van der Waals surface area contributed by atoms with Crippen LogP contribution in [0.25, 0.3) is 5.76 Å². The van der Waals surface area contributed by atoms with E-state index in [9.17, 15) is 14.7 Å². The first-order valence-corrected chi connectivity index (χ1v) is 12.9. The molecule has 1 N–H and O–H groups in total. The van der Waals surface area contributed by atoms with E-state index >= 15 is 0 Å². The second-order valence-corrected chi connectivity index (χ2v) is 10.4. The Hall–Kier alpha value is -2.89. The minimum Gasteiger partial charge on any atom is -0.507 e. The maximum absolute atomic E-state index is 13.3. The second kappa shape index (κ2) is 9.40. The lowest BCUT2D eigenvalue weighted by atomic mass is 9.89. The quantitative estimate of drug-likeness (QED) is 0.260. The molecule has 0 spiro atoms. The normalized spacial score (nSPS) is 19.5. The van der Waals surface area contributed by atoms with E-state index in [4.69, 9.17) is 11.6 Å². The Kier molecular flexibility index (Phi) is 6.32. The molecule has 1 aliphatic heterocycles. The number of carbonyl (C=O) groups excluding carboxylic acids is 2. The van der Waals surface area contributed by atoms with Crippen molar-refractivity contribution in [3.63, 3.8) is 0 Å². The SMILES string of the molecule is Cc1ccsc1C1/C(=C(/O)c2ccc3c(c2)CCCC3)C(=O)C(=O)N1CCc1ccc(Cl)cc1. The lowest BCUT2D eigenvalue weighted by molar-refractivity contribution is -0.139. The molecular formula is C28H26ClNO3S. The van der Waals surface area contributed by atoms with Gasteiger partial charge in [0.1, 0.15) is 5.76 Å². The minimum absolute atomic E-state index is 0.0847. The summed E-state index contributed by atoms with van der Waals surface area (Å²) >= 11 is 7.51. The lowest BCUT2D eigenvalue weighted by Crippen LogP contribution is -2.31. The first-order chi connectivity index (χ1) is 16.4. The average molecular weight is 492 g/mol. The number of rotatable bonds is 5. The van der Waals surface area contributed by atoms with Crippen LogP contribution in [-0.4, -0.2) is 28.2 Å². The third-order valence-electron chi connectivity index (χ3n) is 6.87. The Morgan fingerprint density at radius 1 is 1.06 bits per heavy atom. The van der Waals surface area contributed by atoms with Gasteiger partial charge in [0.2, 0.25) is 0 Å². The predicted octanol–water partition coefficient (Wildman–Crippen LogP) is 6.25. The van der Waals surface area contributed by atoms with Crippen molar-refractivity contribution in [3.8, 4) is 0 Å². The number of likely N-dealkylation sites (tertiary alicyclic amines) is 1. The van der Waals surface area contributed by atoms with Gasteiger partial charge in [-0.05, 0) is 90.9 Å². The standard InChI is InChI=1S/C28H26ClNO3S/c1-17-13-15-34-27(17)24-23(25(31)21-9-8-19-4-2-3-5-20(19)16-21)26(32)28(33)30(24)14-12-18-6-10-22(29)11-7-18/h6-11,13,15-16,24,31H,2-5,12,14H2,1H3/b25-23-. The van der Waals surface area contributed by atoms with Crippen molar-refractivity contribution in [3.05, 3.63) is 97.2 Å². The van der Waals surface area contributed by atoms with Crippen LogP contribution in [0.3, 0.4) is 0 Å². The first-order valence-electron chi connectivity index (χ1n) is 11.6. The number of thiophene rings is 1. The van der Waals surface area contributed by atoms with E-state index in [2.05, 4.69) is 0 Å². The second-order valence-electron chi connectivity index (χ2n) is 9.03. The van der Waals surface area contributed by atoms with Crippen LogP contribution in [-0.2, 0) is 28.9 Å². The fourth-order valence-corrected chi connectivity index (χ4v) is 6.16. The fraction of sp³-hybridized carbons (Fsp3) is 0.286. The van der Waals surface area contributed by atoms with E-state index < -0.39 is 17.7 Å². The summed E-state index contributed by atoms with van der Waals surface area (Å²) in [5.74, 6) is -1.27. The lowest BCUT2D eigenvalue weighted by Gasteiger charge is -2.25. The molecule has 6 heteroatoms. The van der Waals surface area contributed by atoms with E-state index in [0.717, 1.165) is 35.3 Å². The molecule has 1 atom stereocenters. The van der Waals surface area contributed by atoms with Crippen LogP contribution >= 0.6 is 22.9 Å². The monoisotopic (exact) mass is 491 g/mol. The average Bonchev–Trinajstić information content (AvgIpc) is 3.38. The summed E-state index contributed by atoms with van der Waals surface area (Å²) in [6.45, 7) is 2.35. The van der Waals surface area contributed by atoms with Crippen molar-refractivity contribution >= 4 is 40.4 Å². The number of benzene rings is 2. The van der Waals surface area contributed by atoms with Gasteiger partial charge >= 0.3 is 0 Å². The van der Waals surface area contributed by atoms with Crippen molar-refractivity contribution in [2.75, 3.05) is 6.54 Å². The van der Waals surface area contributed by atoms with Crippen molar-refractivity contribution in [2.45, 2.75) is 45.1 Å². The molecule has 4 nitrogen and oxygen atoms in total. The molecule has 1 aromatic heterocycles. The van der Waals surface area contributed by atoms with Gasteiger partial charge in [-0.15, -0.1) is 11.3 Å². The van der Waals surface area contributed by atoms with Crippen molar-refractivity contribution < 1.29 is 14.7 Å². The molecule has 1 amide bonds. The third-order valence-corrected chi connectivity index (χ3v) is 8.19. The molecule has 0 bridgehead atoms. The van der Waals surface area contributed by atoms with E-state index in [1.54, 1.807) is 4.90 Å². The van der Waals surface area contributed by atoms with Gasteiger partial charge in [0.25, 0.3) is 11.7 Å². The highest BCUT2D eigenvalue weighted by molar-refractivity contribution is 7.10. The molecule has 1 aliphatic carbocycles. The summed E-state index contributed by atoms with van der Waals surface area (Å²) in [7, 11) is 0. The number of nitrogens with zero attached hydrogens (tertiary/aromatic N) is 1. The summed E-state index contributed by atoms with van der Waals surface area (Å²) in [6.07, 6.45) is 4.90. The number of ketones is 1. The number of aliphatic hydroxyl groups is 1. The number of carbonyl (C=O) groups is 2. The van der Waals surface area contributed by atoms with Gasteiger partial charge in [-0.1, -0.05) is 35.9 Å². The predicted molar refractivity (Wildman–Crippen MR) is 136 cm³/mol. The summed E-state index contributed by atoms with van der Waals surface area (Å²) in [4.78, 5) is 29.0. The third kappa shape index (κ3) is 4.19. The summed E-state index contributed by atoms with van der Waals surface area (Å²) in [6, 6.07) is 14.8. The highest BCUT2D eigenvalue weighted by Crippen LogP contribution is 2.43. The topological polar surface area (TPSA) is 57.6 Å². The summed E-state index contributed by atoms with van der Waals surface area (Å²) in [5, 5.41) is 14.0. The molecule has 0 saturated carbocycles. The molecular weight excluding hydrogens is 466 g/mol. The van der Waals surface area contributed by atoms with Gasteiger partial charge in [-0.2, -0.15) is 0 Å². The number of hydrogen-bond donors (Lipinski definition) is 1. The molecule has 0 radical (unpaired) electrons. The van der Waals surface area contributed by atoms with E-state index in [1.807, 2.05) is 60.8 Å². The maximum Gasteiger partial charge on any atom is 0.295 e. The maximum atomic E-state index is 13.3. The largest absolute Gasteiger partial charge is 0.507 e. The van der Waals surface area contributed by atoms with Gasteiger partial charge in [0.05, 0.1) is 11.6 Å². The molecule has 3 aromatic rings. The highest BCUT2D eigenvalue weighted by Gasteiger charge is 2.46. The van der Waals surface area contributed by atoms with Crippen LogP contribution < -0.4 is 0 Å². The summed E-state index contributed by atoms with van der Waals surface area (Å²) in [5.41, 5.74) is 5.35. The van der Waals surface area contributed by atoms with Crippen LogP contribution in [0, 0.1) is 6.92 Å². The van der Waals surface area contributed by atoms with Gasteiger partial charge in [0.15, 0.2) is 0 Å². The summed E-state index contributed by atoms with van der Waals surface area (Å²) < 4.78 is 0. The van der Waals surface area contributed by atoms with Crippen molar-refractivity contribution in [1.29, 1.82) is 0 Å². The zero-order chi connectivity index (χ0) is 23.8. The molecule has 1 saturated heterocycles. The number of halogens is 1. The number of fused-ring (bicyclic) bond motifs is 1. The van der Waals surface area contributed by atoms with Crippen molar-refractivity contribution in [2.24, 2.45) is 0 Å². The van der Waals surface area contributed by atoms with E-state index in [-0.39, 0.29) is 11.3 Å². The smallest absolute Gasteiger partial charge is 0.295 e. The van der Waals surface area contributed by atoms with E-state index in [1.165, 1.54) is 28.9 Å². The Balaban J connectivity index is 1.55. The van der Waals surface area contributed by atoms with Crippen LogP contribution in [0.2, 0.25) is 5.02 Å². The number of aryl methyl sites for hydroxylation is 3. The van der Waals surface area contributed by atoms with Gasteiger partial charge in [-0.3, -0.25) is 9.59 Å². The number of hydrogen-bond acceptors (Lipinski definition) is 4. The molecule has 5 rings (SSSR count). The Morgan fingerprint density at radius 2 is 1.79 bits per heavy atom. The fourth-order valence-electron chi connectivity index (χ4n) is 4.98. The van der Waals surface area contributed by atoms with Crippen LogP contribution in [0.4, 0.5) is 0 Å². The van der Waals surface area contributed by atoms with Gasteiger partial charge < -0.3 is 10.0 Å². The Bertz CT molecular complexity index is 1290. The van der Waals surface area contributed by atoms with Crippen molar-refractivity contribution in [1.82, 2.24) is 4.90 Å². The number of Topliss-reactive ketones (excluding diaryl/α,β-unsaturated/α-hetero) is 1. The minimum atomic E-state index is -0.621. The zero-order valence-corrected chi connectivity index (χ0v) is 20.6. The molecule has 2 aliphatic rings. The van der Waals surface area contributed by atoms with Crippen LogP contribution in [0.1, 0.15) is 51.6 Å². The number of aliphatic hydroxyl groups excluding tert-OH is 1. The van der Waals surface area contributed by atoms with Crippen LogP contribution in [0.5, 0.6) is 0 Å². The zero-order valence-electron chi connectivity index (χ0n) is 19.0. The van der Waals surface area contributed by atoms with Crippen LogP contribution in [0.15, 0.2) is 59.5 Å². The first kappa shape index (κ1) is 22.9. The molecule has 2 aromatic carbocycles. The highest BCUT2D eigenvalue weighted by atomic mass is 35.5. The number of amides is 1.